The summed E-state index contributed by atoms with van der Waals surface area (Å²) < 4.78 is 17.5. The van der Waals surface area contributed by atoms with E-state index in [4.69, 9.17) is 14.2 Å². The molecular weight excluding hydrogens is 368 g/mol. The Bertz CT molecular complexity index is 750. The molecule has 2 aliphatic heterocycles. The van der Waals surface area contributed by atoms with Crippen molar-refractivity contribution in [2.75, 3.05) is 19.8 Å². The third kappa shape index (κ3) is 3.28. The molecule has 2 aliphatic rings. The summed E-state index contributed by atoms with van der Waals surface area (Å²) in [5.74, 6) is -0.829. The van der Waals surface area contributed by atoms with E-state index in [9.17, 15) is 25.5 Å². The lowest BCUT2D eigenvalue weighted by Crippen LogP contribution is -2.52. The van der Waals surface area contributed by atoms with Gasteiger partial charge in [0.1, 0.15) is 42.0 Å². The van der Waals surface area contributed by atoms with E-state index >= 15 is 0 Å². The van der Waals surface area contributed by atoms with Gasteiger partial charge in [0, 0.05) is 5.56 Å². The van der Waals surface area contributed by atoms with E-state index in [1.807, 2.05) is 27.7 Å². The van der Waals surface area contributed by atoms with Crippen molar-refractivity contribution in [1.82, 2.24) is 0 Å². The molecule has 3 rings (SSSR count). The maximum atomic E-state index is 10.3. The lowest BCUT2D eigenvalue weighted by molar-refractivity contribution is -0.288. The molecule has 158 valence electrons. The van der Waals surface area contributed by atoms with Crippen molar-refractivity contribution in [2.24, 2.45) is 0 Å². The summed E-state index contributed by atoms with van der Waals surface area (Å²) in [6.07, 6.45) is -2.65. The fraction of sp³-hybridized carbons (Fsp3) is 0.700. The molecule has 0 aliphatic carbocycles. The van der Waals surface area contributed by atoms with E-state index in [1.54, 1.807) is 0 Å². The number of hydrogen-bond acceptors (Lipinski definition) is 8. The number of aliphatic hydroxyl groups is 4. The predicted molar refractivity (Wildman–Crippen MR) is 99.4 cm³/mol. The average Bonchev–Trinajstić information content (AvgIpc) is 2.94. The zero-order valence-corrected chi connectivity index (χ0v) is 16.7. The number of fused-ring (bicyclic) bond motifs is 1. The van der Waals surface area contributed by atoms with Crippen molar-refractivity contribution >= 4 is 0 Å². The molecule has 5 N–H and O–H groups in total. The van der Waals surface area contributed by atoms with Gasteiger partial charge >= 0.3 is 0 Å². The van der Waals surface area contributed by atoms with E-state index in [2.05, 4.69) is 0 Å². The first kappa shape index (κ1) is 21.3. The Morgan fingerprint density at radius 3 is 2.36 bits per heavy atom. The van der Waals surface area contributed by atoms with Crippen molar-refractivity contribution in [3.8, 4) is 11.5 Å². The van der Waals surface area contributed by atoms with Crippen LogP contribution in [0.3, 0.4) is 0 Å². The number of hydrogen-bond donors (Lipinski definition) is 5. The van der Waals surface area contributed by atoms with E-state index in [1.165, 1.54) is 0 Å². The van der Waals surface area contributed by atoms with Crippen LogP contribution in [-0.4, -0.2) is 75.1 Å². The molecular formula is C20H30O8. The predicted octanol–water partition coefficient (Wildman–Crippen LogP) is 0.219. The van der Waals surface area contributed by atoms with Crippen LogP contribution >= 0.6 is 0 Å². The van der Waals surface area contributed by atoms with Gasteiger partial charge in [0.15, 0.2) is 0 Å². The minimum atomic E-state index is -1.82. The van der Waals surface area contributed by atoms with Gasteiger partial charge in [-0.3, -0.25) is 0 Å². The Balaban J connectivity index is 1.81. The topological polar surface area (TPSA) is 129 Å². The van der Waals surface area contributed by atoms with Crippen molar-refractivity contribution in [3.63, 3.8) is 0 Å². The van der Waals surface area contributed by atoms with E-state index in [-0.39, 0.29) is 12.4 Å². The highest BCUT2D eigenvalue weighted by Crippen LogP contribution is 2.44. The molecule has 1 aromatic carbocycles. The van der Waals surface area contributed by atoms with Crippen LogP contribution in [0.25, 0.3) is 0 Å². The zero-order valence-electron chi connectivity index (χ0n) is 16.7. The van der Waals surface area contributed by atoms with Gasteiger partial charge in [0.25, 0.3) is 0 Å². The summed E-state index contributed by atoms with van der Waals surface area (Å²) in [4.78, 5) is 0. The molecule has 1 unspecified atom stereocenters. The highest BCUT2D eigenvalue weighted by molar-refractivity contribution is 5.58. The van der Waals surface area contributed by atoms with Gasteiger partial charge in [-0.25, -0.2) is 0 Å². The maximum Gasteiger partial charge on any atom is 0.221 e. The monoisotopic (exact) mass is 398 g/mol. The number of phenolic OH excluding ortho intramolecular Hbond substituents is 1. The van der Waals surface area contributed by atoms with Crippen LogP contribution in [0.4, 0.5) is 0 Å². The largest absolute Gasteiger partial charge is 0.507 e. The third-order valence-corrected chi connectivity index (χ3v) is 6.12. The molecule has 2 heterocycles. The Labute approximate surface area is 164 Å². The molecule has 8 nitrogen and oxygen atoms in total. The summed E-state index contributed by atoms with van der Waals surface area (Å²) >= 11 is 0. The molecule has 1 aromatic rings. The van der Waals surface area contributed by atoms with Crippen molar-refractivity contribution in [2.45, 2.75) is 70.2 Å². The smallest absolute Gasteiger partial charge is 0.221 e. The SMILES string of the molecule is Cc1c(C)c2c(c(C)c1O)CCC(C)(CO[C@]1(CO)O[C@H](CO)[C@@H](O)[C@@H]1O)O2. The molecule has 8 heteroatoms. The van der Waals surface area contributed by atoms with Crippen LogP contribution in [0, 0.1) is 20.8 Å². The summed E-state index contributed by atoms with van der Waals surface area (Å²) in [5.41, 5.74) is 2.62. The highest BCUT2D eigenvalue weighted by atomic mass is 16.7. The quantitative estimate of drug-likeness (QED) is 0.476. The van der Waals surface area contributed by atoms with E-state index < -0.39 is 42.9 Å². The average molecular weight is 398 g/mol. The first-order chi connectivity index (χ1) is 13.1. The molecule has 1 saturated heterocycles. The van der Waals surface area contributed by atoms with Crippen molar-refractivity contribution in [3.05, 3.63) is 22.3 Å². The fourth-order valence-electron chi connectivity index (χ4n) is 3.97. The molecule has 0 bridgehead atoms. The third-order valence-electron chi connectivity index (χ3n) is 6.12. The maximum absolute atomic E-state index is 10.3. The molecule has 0 spiro atoms. The zero-order chi connectivity index (χ0) is 20.9. The van der Waals surface area contributed by atoms with Crippen LogP contribution in [0.2, 0.25) is 0 Å². The fourth-order valence-corrected chi connectivity index (χ4v) is 3.97. The number of rotatable bonds is 5. The van der Waals surface area contributed by atoms with Gasteiger partial charge in [0.2, 0.25) is 5.79 Å². The second kappa shape index (κ2) is 7.44. The molecule has 5 atom stereocenters. The summed E-state index contributed by atoms with van der Waals surface area (Å²) in [5, 5.41) is 49.6. The first-order valence-corrected chi connectivity index (χ1v) is 9.49. The highest BCUT2D eigenvalue weighted by Gasteiger charge is 2.56. The number of ether oxygens (including phenoxy) is 3. The lowest BCUT2D eigenvalue weighted by atomic mass is 9.87. The summed E-state index contributed by atoms with van der Waals surface area (Å²) in [7, 11) is 0. The minimum absolute atomic E-state index is 0.00661. The van der Waals surface area contributed by atoms with Gasteiger partial charge in [-0.05, 0) is 57.2 Å². The van der Waals surface area contributed by atoms with Gasteiger partial charge < -0.3 is 39.7 Å². The van der Waals surface area contributed by atoms with E-state index in [0.29, 0.717) is 18.6 Å². The molecule has 0 aromatic heterocycles. The van der Waals surface area contributed by atoms with Crippen LogP contribution in [-0.2, 0) is 15.9 Å². The van der Waals surface area contributed by atoms with Gasteiger partial charge in [-0.2, -0.15) is 0 Å². The number of aliphatic hydroxyl groups excluding tert-OH is 4. The van der Waals surface area contributed by atoms with Gasteiger partial charge in [0.05, 0.1) is 13.2 Å². The van der Waals surface area contributed by atoms with E-state index in [0.717, 1.165) is 22.3 Å². The summed E-state index contributed by atoms with van der Waals surface area (Å²) in [6.45, 7) is 6.26. The molecule has 1 fully saturated rings. The first-order valence-electron chi connectivity index (χ1n) is 9.49. The summed E-state index contributed by atoms with van der Waals surface area (Å²) in [6, 6.07) is 0. The number of benzene rings is 1. The van der Waals surface area contributed by atoms with Crippen molar-refractivity contribution < 1.29 is 39.7 Å². The van der Waals surface area contributed by atoms with Crippen LogP contribution in [0.15, 0.2) is 0 Å². The van der Waals surface area contributed by atoms with Crippen LogP contribution in [0.5, 0.6) is 11.5 Å². The van der Waals surface area contributed by atoms with Gasteiger partial charge in [-0.15, -0.1) is 0 Å². The number of phenols is 1. The Morgan fingerprint density at radius 1 is 1.11 bits per heavy atom. The second-order valence-corrected chi connectivity index (χ2v) is 8.12. The molecule has 28 heavy (non-hydrogen) atoms. The van der Waals surface area contributed by atoms with Crippen LogP contribution in [0.1, 0.15) is 35.6 Å². The molecule has 0 radical (unpaired) electrons. The van der Waals surface area contributed by atoms with Crippen molar-refractivity contribution in [1.29, 1.82) is 0 Å². The molecule has 0 amide bonds. The Morgan fingerprint density at radius 2 is 1.79 bits per heavy atom. The van der Waals surface area contributed by atoms with Gasteiger partial charge in [-0.1, -0.05) is 0 Å². The normalized spacial score (nSPS) is 34.9. The van der Waals surface area contributed by atoms with Crippen LogP contribution < -0.4 is 4.74 Å². The number of aromatic hydroxyl groups is 1. The second-order valence-electron chi connectivity index (χ2n) is 8.12. The minimum Gasteiger partial charge on any atom is -0.507 e. The Hall–Kier alpha value is -1.42. The Kier molecular flexibility index (Phi) is 5.66. The molecule has 0 saturated carbocycles. The standard InChI is InChI=1S/C20H30O8/c1-10-11(2)17-13(12(3)15(10)23)5-6-19(4,28-17)9-26-20(8-22)18(25)16(24)14(7-21)27-20/h14,16,18,21-25H,5-9H2,1-4H3/t14-,16-,18+,19?,20-/m1/s1. The lowest BCUT2D eigenvalue weighted by Gasteiger charge is -2.40.